The highest BCUT2D eigenvalue weighted by Crippen LogP contribution is 2.35. The number of thiazole rings is 1. The van der Waals surface area contributed by atoms with Gasteiger partial charge in [0.1, 0.15) is 5.60 Å². The standard InChI is InChI=1S/C15H16ClNO2S/c1-9-7-5-6-8-10(9)12-11(17-14(16)20-12)13(18)19-15(2,3)4/h5-8H,1-4H3. The van der Waals surface area contributed by atoms with E-state index in [1.165, 1.54) is 11.3 Å². The molecule has 0 aliphatic heterocycles. The Labute approximate surface area is 127 Å². The summed E-state index contributed by atoms with van der Waals surface area (Å²) in [5.74, 6) is -0.445. The number of rotatable bonds is 2. The molecule has 0 radical (unpaired) electrons. The van der Waals surface area contributed by atoms with Crippen molar-refractivity contribution < 1.29 is 9.53 Å². The SMILES string of the molecule is Cc1ccccc1-c1sc(Cl)nc1C(=O)OC(C)(C)C. The van der Waals surface area contributed by atoms with Crippen LogP contribution in [0.25, 0.3) is 10.4 Å². The van der Waals surface area contributed by atoms with Gasteiger partial charge in [-0.1, -0.05) is 35.9 Å². The van der Waals surface area contributed by atoms with Gasteiger partial charge in [-0.15, -0.1) is 11.3 Å². The number of carbonyl (C=O) groups is 1. The summed E-state index contributed by atoms with van der Waals surface area (Å²) in [6.07, 6.45) is 0. The molecule has 0 aliphatic carbocycles. The second kappa shape index (κ2) is 5.54. The fraction of sp³-hybridized carbons (Fsp3) is 0.333. The first-order chi connectivity index (χ1) is 9.28. The minimum Gasteiger partial charge on any atom is -0.455 e. The third-order valence-corrected chi connectivity index (χ3v) is 3.78. The van der Waals surface area contributed by atoms with Gasteiger partial charge >= 0.3 is 5.97 Å². The lowest BCUT2D eigenvalue weighted by atomic mass is 10.1. The number of esters is 1. The van der Waals surface area contributed by atoms with Crippen LogP contribution in [0.2, 0.25) is 4.47 Å². The third-order valence-electron chi connectivity index (χ3n) is 2.58. The van der Waals surface area contributed by atoms with Crippen LogP contribution in [0.4, 0.5) is 0 Å². The predicted octanol–water partition coefficient (Wildman–Crippen LogP) is 4.73. The first-order valence-corrected chi connectivity index (χ1v) is 7.43. The van der Waals surface area contributed by atoms with E-state index in [0.29, 0.717) is 4.47 Å². The average Bonchev–Trinajstić information content (AvgIpc) is 2.69. The maximum absolute atomic E-state index is 12.2. The lowest BCUT2D eigenvalue weighted by molar-refractivity contribution is 0.00646. The smallest absolute Gasteiger partial charge is 0.359 e. The summed E-state index contributed by atoms with van der Waals surface area (Å²) in [6, 6.07) is 7.82. The second-order valence-corrected chi connectivity index (χ2v) is 7.04. The predicted molar refractivity (Wildman–Crippen MR) is 82.5 cm³/mol. The van der Waals surface area contributed by atoms with E-state index in [2.05, 4.69) is 4.98 Å². The van der Waals surface area contributed by atoms with Crippen molar-refractivity contribution in [1.29, 1.82) is 0 Å². The zero-order valence-corrected chi connectivity index (χ0v) is 13.4. The quantitative estimate of drug-likeness (QED) is 0.753. The maximum atomic E-state index is 12.2. The fourth-order valence-corrected chi connectivity index (χ4v) is 2.96. The normalized spacial score (nSPS) is 11.4. The number of hydrogen-bond donors (Lipinski definition) is 0. The van der Waals surface area contributed by atoms with Crippen molar-refractivity contribution in [2.75, 3.05) is 0 Å². The van der Waals surface area contributed by atoms with Gasteiger partial charge in [-0.25, -0.2) is 9.78 Å². The van der Waals surface area contributed by atoms with E-state index in [4.69, 9.17) is 16.3 Å². The molecule has 3 nitrogen and oxygen atoms in total. The van der Waals surface area contributed by atoms with E-state index in [-0.39, 0.29) is 5.69 Å². The molecule has 0 fully saturated rings. The van der Waals surface area contributed by atoms with Crippen molar-refractivity contribution in [3.05, 3.63) is 40.0 Å². The number of halogens is 1. The topological polar surface area (TPSA) is 39.2 Å². The number of benzene rings is 1. The summed E-state index contributed by atoms with van der Waals surface area (Å²) in [5.41, 5.74) is 1.75. The van der Waals surface area contributed by atoms with E-state index in [0.717, 1.165) is 16.0 Å². The number of ether oxygens (including phenoxy) is 1. The van der Waals surface area contributed by atoms with Crippen LogP contribution in [0.15, 0.2) is 24.3 Å². The molecule has 106 valence electrons. The lowest BCUT2D eigenvalue weighted by Crippen LogP contribution is -2.24. The Bertz CT molecular complexity index is 644. The van der Waals surface area contributed by atoms with E-state index < -0.39 is 11.6 Å². The Kier molecular flexibility index (Phi) is 4.16. The van der Waals surface area contributed by atoms with E-state index in [1.54, 1.807) is 0 Å². The van der Waals surface area contributed by atoms with Crippen LogP contribution in [-0.2, 0) is 4.74 Å². The van der Waals surface area contributed by atoms with Crippen molar-refractivity contribution in [1.82, 2.24) is 4.98 Å². The Balaban J connectivity index is 2.46. The molecule has 0 amide bonds. The number of nitrogens with zero attached hydrogens (tertiary/aromatic N) is 1. The highest BCUT2D eigenvalue weighted by Gasteiger charge is 2.25. The van der Waals surface area contributed by atoms with Crippen LogP contribution < -0.4 is 0 Å². The molecule has 0 unspecified atom stereocenters. The summed E-state index contributed by atoms with van der Waals surface area (Å²) in [6.45, 7) is 7.47. The van der Waals surface area contributed by atoms with Crippen molar-refractivity contribution in [2.45, 2.75) is 33.3 Å². The minimum absolute atomic E-state index is 0.282. The highest BCUT2D eigenvalue weighted by molar-refractivity contribution is 7.19. The van der Waals surface area contributed by atoms with Crippen LogP contribution in [0.3, 0.4) is 0 Å². The molecule has 2 rings (SSSR count). The van der Waals surface area contributed by atoms with Crippen LogP contribution in [0.5, 0.6) is 0 Å². The third kappa shape index (κ3) is 3.38. The summed E-state index contributed by atoms with van der Waals surface area (Å²) < 4.78 is 5.72. The first-order valence-electron chi connectivity index (χ1n) is 6.23. The van der Waals surface area contributed by atoms with E-state index in [9.17, 15) is 4.79 Å². The molecule has 0 spiro atoms. The summed E-state index contributed by atoms with van der Waals surface area (Å²) in [4.78, 5) is 17.1. The number of aryl methyl sites for hydroxylation is 1. The molecule has 1 aromatic carbocycles. The Morgan fingerprint density at radius 2 is 1.95 bits per heavy atom. The van der Waals surface area contributed by atoms with Crippen molar-refractivity contribution in [3.63, 3.8) is 0 Å². The van der Waals surface area contributed by atoms with Gasteiger partial charge < -0.3 is 4.74 Å². The van der Waals surface area contributed by atoms with Gasteiger partial charge in [-0.3, -0.25) is 0 Å². The fourth-order valence-electron chi connectivity index (χ4n) is 1.77. The molecule has 1 aromatic heterocycles. The summed E-state index contributed by atoms with van der Waals surface area (Å²) in [7, 11) is 0. The largest absolute Gasteiger partial charge is 0.455 e. The molecule has 0 atom stereocenters. The molecular weight excluding hydrogens is 294 g/mol. The minimum atomic E-state index is -0.559. The summed E-state index contributed by atoms with van der Waals surface area (Å²) in [5, 5.41) is 0. The van der Waals surface area contributed by atoms with Crippen molar-refractivity contribution in [3.8, 4) is 10.4 Å². The molecule has 0 bridgehead atoms. The zero-order valence-electron chi connectivity index (χ0n) is 11.9. The molecule has 20 heavy (non-hydrogen) atoms. The Hall–Kier alpha value is -1.39. The van der Waals surface area contributed by atoms with E-state index in [1.807, 2.05) is 52.0 Å². The molecule has 0 saturated heterocycles. The molecule has 0 N–H and O–H groups in total. The number of carbonyl (C=O) groups excluding carboxylic acids is 1. The van der Waals surface area contributed by atoms with Gasteiger partial charge in [0, 0.05) is 0 Å². The Morgan fingerprint density at radius 3 is 2.55 bits per heavy atom. The van der Waals surface area contributed by atoms with Crippen LogP contribution in [-0.4, -0.2) is 16.6 Å². The van der Waals surface area contributed by atoms with Gasteiger partial charge in [0.15, 0.2) is 10.2 Å². The first kappa shape index (κ1) is 15.0. The van der Waals surface area contributed by atoms with Crippen molar-refractivity contribution in [2.24, 2.45) is 0 Å². The highest BCUT2D eigenvalue weighted by atomic mass is 35.5. The van der Waals surface area contributed by atoms with Gasteiger partial charge in [0.2, 0.25) is 0 Å². The van der Waals surface area contributed by atoms with Gasteiger partial charge in [-0.05, 0) is 38.8 Å². The monoisotopic (exact) mass is 309 g/mol. The van der Waals surface area contributed by atoms with Crippen LogP contribution in [0.1, 0.15) is 36.8 Å². The molecule has 1 heterocycles. The lowest BCUT2D eigenvalue weighted by Gasteiger charge is -2.19. The molecule has 2 aromatic rings. The van der Waals surface area contributed by atoms with Gasteiger partial charge in [0.05, 0.1) is 4.88 Å². The second-order valence-electron chi connectivity index (χ2n) is 5.46. The Morgan fingerprint density at radius 1 is 1.30 bits per heavy atom. The average molecular weight is 310 g/mol. The summed E-state index contributed by atoms with van der Waals surface area (Å²) >= 11 is 7.27. The van der Waals surface area contributed by atoms with Crippen LogP contribution >= 0.6 is 22.9 Å². The number of aromatic nitrogens is 1. The van der Waals surface area contributed by atoms with Crippen molar-refractivity contribution >= 4 is 28.9 Å². The zero-order chi connectivity index (χ0) is 14.9. The molecular formula is C15H16ClNO2S. The van der Waals surface area contributed by atoms with Gasteiger partial charge in [0.25, 0.3) is 0 Å². The molecule has 0 aliphatic rings. The van der Waals surface area contributed by atoms with E-state index >= 15 is 0 Å². The molecule has 5 heteroatoms. The number of hydrogen-bond acceptors (Lipinski definition) is 4. The molecule has 0 saturated carbocycles. The maximum Gasteiger partial charge on any atom is 0.359 e. The van der Waals surface area contributed by atoms with Gasteiger partial charge in [-0.2, -0.15) is 0 Å². The van der Waals surface area contributed by atoms with Crippen LogP contribution in [0, 0.1) is 6.92 Å².